The number of hydrogen-bond acceptors (Lipinski definition) is 3. The second kappa shape index (κ2) is 8.49. The van der Waals surface area contributed by atoms with Crippen LogP contribution in [0.4, 0.5) is 0 Å². The lowest BCUT2D eigenvalue weighted by atomic mass is 9.83. The molecule has 0 aliphatic heterocycles. The van der Waals surface area contributed by atoms with E-state index in [1.807, 2.05) is 12.1 Å². The van der Waals surface area contributed by atoms with Crippen LogP contribution in [0, 0.1) is 5.92 Å². The molecule has 3 nitrogen and oxygen atoms in total. The number of rotatable bonds is 8. The molecule has 1 atom stereocenters. The average Bonchev–Trinajstić information content (AvgIpc) is 2.61. The summed E-state index contributed by atoms with van der Waals surface area (Å²) in [6.45, 7) is 9.32. The van der Waals surface area contributed by atoms with Gasteiger partial charge in [0.1, 0.15) is 5.75 Å². The van der Waals surface area contributed by atoms with Gasteiger partial charge < -0.3 is 9.64 Å². The molecule has 1 aromatic rings. The molecule has 0 fully saturated rings. The first-order chi connectivity index (χ1) is 11.2. The van der Waals surface area contributed by atoms with Crippen LogP contribution in [0.1, 0.15) is 61.5 Å². The van der Waals surface area contributed by atoms with Crippen molar-refractivity contribution >= 4 is 5.78 Å². The summed E-state index contributed by atoms with van der Waals surface area (Å²) in [5.41, 5.74) is 3.46. The van der Waals surface area contributed by atoms with E-state index < -0.39 is 0 Å². The highest BCUT2D eigenvalue weighted by molar-refractivity contribution is 6.00. The van der Waals surface area contributed by atoms with E-state index >= 15 is 0 Å². The molecule has 0 N–H and O–H groups in total. The molecule has 0 bridgehead atoms. The van der Waals surface area contributed by atoms with Gasteiger partial charge in [0.05, 0.1) is 7.11 Å². The maximum absolute atomic E-state index is 13.1. The smallest absolute Gasteiger partial charge is 0.167 e. The number of fused-ring (bicyclic) bond motifs is 1. The largest absolute Gasteiger partial charge is 0.496 e. The number of nitrogens with zero attached hydrogens (tertiary/aromatic N) is 1. The fourth-order valence-corrected chi connectivity index (χ4v) is 3.67. The number of carbonyl (C=O) groups is 1. The number of benzene rings is 1. The van der Waals surface area contributed by atoms with Crippen molar-refractivity contribution in [2.75, 3.05) is 26.7 Å². The van der Waals surface area contributed by atoms with Crippen molar-refractivity contribution in [3.05, 3.63) is 28.8 Å². The highest BCUT2D eigenvalue weighted by Crippen LogP contribution is 2.33. The summed E-state index contributed by atoms with van der Waals surface area (Å²) >= 11 is 0. The normalized spacial score (nSPS) is 15.3. The van der Waals surface area contributed by atoms with E-state index in [1.165, 1.54) is 24.0 Å². The van der Waals surface area contributed by atoms with Gasteiger partial charge in [-0.2, -0.15) is 0 Å². The van der Waals surface area contributed by atoms with Crippen LogP contribution in [0.5, 0.6) is 5.75 Å². The second-order valence-corrected chi connectivity index (χ2v) is 6.43. The number of Topliss-reactive ketones (excluding diaryl/α,β-unsaturated/α-hetero) is 1. The SMILES string of the molecule is CCC(CN(CC)CC)C(=O)c1ccc(OC)c2c1CCCC2. The molecule has 128 valence electrons. The molecule has 0 saturated carbocycles. The Morgan fingerprint density at radius 2 is 1.78 bits per heavy atom. The molecule has 0 aromatic heterocycles. The Labute approximate surface area is 141 Å². The quantitative estimate of drug-likeness (QED) is 0.675. The van der Waals surface area contributed by atoms with Gasteiger partial charge in [-0.3, -0.25) is 4.79 Å². The Kier molecular flexibility index (Phi) is 6.64. The second-order valence-electron chi connectivity index (χ2n) is 6.43. The van der Waals surface area contributed by atoms with Crippen molar-refractivity contribution in [1.82, 2.24) is 4.90 Å². The first-order valence-corrected chi connectivity index (χ1v) is 9.11. The number of hydrogen-bond donors (Lipinski definition) is 0. The van der Waals surface area contributed by atoms with Crippen LogP contribution < -0.4 is 4.74 Å². The number of ether oxygens (including phenoxy) is 1. The molecule has 1 unspecified atom stereocenters. The summed E-state index contributed by atoms with van der Waals surface area (Å²) in [6.07, 6.45) is 5.31. The van der Waals surface area contributed by atoms with Gasteiger partial charge in [-0.15, -0.1) is 0 Å². The molecule has 0 amide bonds. The Bertz CT molecular complexity index is 535. The third-order valence-electron chi connectivity index (χ3n) is 5.21. The van der Waals surface area contributed by atoms with E-state index in [1.54, 1.807) is 7.11 Å². The van der Waals surface area contributed by atoms with Gasteiger partial charge in [-0.05, 0) is 68.5 Å². The topological polar surface area (TPSA) is 29.5 Å². The molecule has 1 aromatic carbocycles. The van der Waals surface area contributed by atoms with Gasteiger partial charge in [0.25, 0.3) is 0 Å². The molecule has 23 heavy (non-hydrogen) atoms. The van der Waals surface area contributed by atoms with E-state index in [2.05, 4.69) is 25.7 Å². The van der Waals surface area contributed by atoms with Crippen molar-refractivity contribution < 1.29 is 9.53 Å². The van der Waals surface area contributed by atoms with Gasteiger partial charge in [-0.25, -0.2) is 0 Å². The molecule has 2 rings (SSSR count). The van der Waals surface area contributed by atoms with E-state index in [0.717, 1.165) is 50.2 Å². The van der Waals surface area contributed by atoms with Gasteiger partial charge in [-0.1, -0.05) is 20.8 Å². The Morgan fingerprint density at radius 1 is 1.13 bits per heavy atom. The monoisotopic (exact) mass is 317 g/mol. The molecule has 1 aliphatic carbocycles. The van der Waals surface area contributed by atoms with Crippen LogP contribution in [-0.2, 0) is 12.8 Å². The minimum atomic E-state index is 0.0920. The molecule has 0 heterocycles. The van der Waals surface area contributed by atoms with Gasteiger partial charge in [0, 0.05) is 18.0 Å². The van der Waals surface area contributed by atoms with Gasteiger partial charge in [0.2, 0.25) is 0 Å². The average molecular weight is 317 g/mol. The van der Waals surface area contributed by atoms with Crippen molar-refractivity contribution in [3.8, 4) is 5.75 Å². The highest BCUT2D eigenvalue weighted by atomic mass is 16.5. The first-order valence-electron chi connectivity index (χ1n) is 9.11. The van der Waals surface area contributed by atoms with Crippen molar-refractivity contribution in [2.45, 2.75) is 52.9 Å². The van der Waals surface area contributed by atoms with E-state index in [4.69, 9.17) is 4.74 Å². The van der Waals surface area contributed by atoms with Crippen LogP contribution in [0.2, 0.25) is 0 Å². The van der Waals surface area contributed by atoms with Crippen molar-refractivity contribution in [1.29, 1.82) is 0 Å². The standard InChI is InChI=1S/C20H31NO2/c1-5-15(14-21(6-2)7-3)20(22)18-12-13-19(23-4)17-11-9-8-10-16(17)18/h12-13,15H,5-11,14H2,1-4H3. The minimum Gasteiger partial charge on any atom is -0.496 e. The third-order valence-corrected chi connectivity index (χ3v) is 5.21. The summed E-state index contributed by atoms with van der Waals surface area (Å²) in [4.78, 5) is 15.5. The number of carbonyl (C=O) groups excluding carboxylic acids is 1. The summed E-state index contributed by atoms with van der Waals surface area (Å²) in [6, 6.07) is 3.98. The fraction of sp³-hybridized carbons (Fsp3) is 0.650. The molecule has 0 radical (unpaired) electrons. The van der Waals surface area contributed by atoms with Crippen LogP contribution in [0.3, 0.4) is 0 Å². The first kappa shape index (κ1) is 18.0. The van der Waals surface area contributed by atoms with Crippen LogP contribution in [0.25, 0.3) is 0 Å². The van der Waals surface area contributed by atoms with E-state index in [0.29, 0.717) is 5.78 Å². The predicted octanol–water partition coefficient (Wildman–Crippen LogP) is 4.12. The molecular formula is C20H31NO2. The third kappa shape index (κ3) is 3.95. The summed E-state index contributed by atoms with van der Waals surface area (Å²) < 4.78 is 5.51. The summed E-state index contributed by atoms with van der Waals surface area (Å²) in [7, 11) is 1.72. The Hall–Kier alpha value is -1.35. The lowest BCUT2D eigenvalue weighted by molar-refractivity contribution is 0.0879. The fourth-order valence-electron chi connectivity index (χ4n) is 3.67. The zero-order valence-corrected chi connectivity index (χ0v) is 15.2. The van der Waals surface area contributed by atoms with Gasteiger partial charge in [0.15, 0.2) is 5.78 Å². The van der Waals surface area contributed by atoms with Crippen LogP contribution in [-0.4, -0.2) is 37.4 Å². The number of ketones is 1. The Balaban J connectivity index is 2.31. The van der Waals surface area contributed by atoms with Crippen molar-refractivity contribution in [3.63, 3.8) is 0 Å². The Morgan fingerprint density at radius 3 is 2.35 bits per heavy atom. The summed E-state index contributed by atoms with van der Waals surface area (Å²) in [5, 5.41) is 0. The minimum absolute atomic E-state index is 0.0920. The predicted molar refractivity (Wildman–Crippen MR) is 95.5 cm³/mol. The van der Waals surface area contributed by atoms with E-state index in [-0.39, 0.29) is 5.92 Å². The lowest BCUT2D eigenvalue weighted by Gasteiger charge is -2.26. The molecule has 1 aliphatic rings. The molecule has 3 heteroatoms. The highest BCUT2D eigenvalue weighted by Gasteiger charge is 2.26. The van der Waals surface area contributed by atoms with Crippen LogP contribution in [0.15, 0.2) is 12.1 Å². The summed E-state index contributed by atoms with van der Waals surface area (Å²) in [5.74, 6) is 1.36. The zero-order valence-electron chi connectivity index (χ0n) is 15.2. The number of methoxy groups -OCH3 is 1. The maximum Gasteiger partial charge on any atom is 0.167 e. The molecular weight excluding hydrogens is 286 g/mol. The van der Waals surface area contributed by atoms with E-state index in [9.17, 15) is 4.79 Å². The van der Waals surface area contributed by atoms with Crippen molar-refractivity contribution in [2.24, 2.45) is 5.92 Å². The lowest BCUT2D eigenvalue weighted by Crippen LogP contribution is -2.33. The zero-order chi connectivity index (χ0) is 16.8. The maximum atomic E-state index is 13.1. The molecule has 0 saturated heterocycles. The van der Waals surface area contributed by atoms with Crippen LogP contribution >= 0.6 is 0 Å². The van der Waals surface area contributed by atoms with Gasteiger partial charge >= 0.3 is 0 Å². The molecule has 0 spiro atoms.